The number of rotatable bonds is 7. The van der Waals surface area contributed by atoms with Crippen LogP contribution in [-0.4, -0.2) is 13.0 Å². The van der Waals surface area contributed by atoms with E-state index in [-0.39, 0.29) is 5.57 Å². The number of anilines is 1. The van der Waals surface area contributed by atoms with Gasteiger partial charge < -0.3 is 10.1 Å². The molecular weight excluding hydrogens is 432 g/mol. The Morgan fingerprint density at radius 1 is 1.06 bits per heavy atom. The number of halogens is 1. The van der Waals surface area contributed by atoms with Crippen LogP contribution in [0.4, 0.5) is 5.69 Å². The lowest BCUT2D eigenvalue weighted by molar-refractivity contribution is -0.112. The van der Waals surface area contributed by atoms with Gasteiger partial charge >= 0.3 is 0 Å². The topological polar surface area (TPSA) is 62.1 Å². The van der Waals surface area contributed by atoms with Crippen LogP contribution in [0.5, 0.6) is 5.75 Å². The van der Waals surface area contributed by atoms with E-state index < -0.39 is 5.91 Å². The predicted octanol–water partition coefficient (Wildman–Crippen LogP) is 6.66. The van der Waals surface area contributed by atoms with Crippen molar-refractivity contribution < 1.29 is 9.53 Å². The average molecular weight is 459 g/mol. The van der Waals surface area contributed by atoms with E-state index in [1.54, 1.807) is 19.2 Å². The van der Waals surface area contributed by atoms with Gasteiger partial charge in [-0.15, -0.1) is 0 Å². The van der Waals surface area contributed by atoms with E-state index >= 15 is 0 Å². The molecule has 168 valence electrons. The minimum absolute atomic E-state index is 0.0188. The Morgan fingerprint density at radius 2 is 1.73 bits per heavy atom. The molecule has 3 rings (SSSR count). The number of nitrogens with zero attached hydrogens (tertiary/aromatic N) is 1. The molecule has 0 saturated carbocycles. The quantitative estimate of drug-likeness (QED) is 0.318. The third-order valence-electron chi connectivity index (χ3n) is 5.36. The summed E-state index contributed by atoms with van der Waals surface area (Å²) < 4.78 is 5.60. The van der Waals surface area contributed by atoms with Crippen LogP contribution in [0.15, 0.2) is 60.2 Å². The Morgan fingerprint density at radius 3 is 2.30 bits per heavy atom. The molecule has 0 unspecified atom stereocenters. The second-order valence-corrected chi connectivity index (χ2v) is 8.44. The van der Waals surface area contributed by atoms with Gasteiger partial charge in [0.1, 0.15) is 17.4 Å². The van der Waals surface area contributed by atoms with Gasteiger partial charge in [-0.05, 0) is 67.3 Å². The van der Waals surface area contributed by atoms with Crippen molar-refractivity contribution in [1.29, 1.82) is 5.26 Å². The summed E-state index contributed by atoms with van der Waals surface area (Å²) in [6, 6.07) is 19.5. The lowest BCUT2D eigenvalue weighted by atomic mass is 9.98. The molecule has 3 aromatic carbocycles. The number of hydrogen-bond acceptors (Lipinski definition) is 3. The van der Waals surface area contributed by atoms with Gasteiger partial charge in [0, 0.05) is 22.7 Å². The molecule has 0 atom stereocenters. The lowest BCUT2D eigenvalue weighted by Crippen LogP contribution is -2.13. The fourth-order valence-corrected chi connectivity index (χ4v) is 4.07. The van der Waals surface area contributed by atoms with Gasteiger partial charge in [-0.2, -0.15) is 5.26 Å². The van der Waals surface area contributed by atoms with Crippen LogP contribution in [0.25, 0.3) is 6.08 Å². The van der Waals surface area contributed by atoms with Crippen LogP contribution >= 0.6 is 11.6 Å². The third-order valence-corrected chi connectivity index (χ3v) is 5.69. The summed E-state index contributed by atoms with van der Waals surface area (Å²) in [5.41, 5.74) is 6.79. The number of nitriles is 1. The van der Waals surface area contributed by atoms with Gasteiger partial charge in [0.15, 0.2) is 0 Å². The number of amides is 1. The fourth-order valence-electron chi connectivity index (χ4n) is 3.78. The Labute approximate surface area is 200 Å². The zero-order valence-corrected chi connectivity index (χ0v) is 20.1. The summed E-state index contributed by atoms with van der Waals surface area (Å²) in [6.07, 6.45) is 3.05. The molecule has 4 nitrogen and oxygen atoms in total. The Bertz CT molecular complexity index is 1220. The molecule has 3 aromatic rings. The van der Waals surface area contributed by atoms with Crippen molar-refractivity contribution in [3.63, 3.8) is 0 Å². The van der Waals surface area contributed by atoms with Crippen molar-refractivity contribution in [3.05, 3.63) is 98.6 Å². The molecular formula is C28H27ClN2O2. The number of aryl methyl sites for hydroxylation is 3. The molecule has 1 N–H and O–H groups in total. The smallest absolute Gasteiger partial charge is 0.266 e. The van der Waals surface area contributed by atoms with Crippen molar-refractivity contribution in [2.75, 3.05) is 12.4 Å². The highest BCUT2D eigenvalue weighted by Crippen LogP contribution is 2.32. The predicted molar refractivity (Wildman–Crippen MR) is 135 cm³/mol. The highest BCUT2D eigenvalue weighted by molar-refractivity contribution is 6.31. The van der Waals surface area contributed by atoms with Crippen molar-refractivity contribution in [1.82, 2.24) is 0 Å². The first kappa shape index (κ1) is 24.1. The van der Waals surface area contributed by atoms with Crippen LogP contribution in [0.3, 0.4) is 0 Å². The number of carbonyl (C=O) groups excluding carboxylic acids is 1. The molecule has 33 heavy (non-hydrogen) atoms. The molecule has 0 aliphatic carbocycles. The van der Waals surface area contributed by atoms with E-state index in [1.165, 1.54) is 22.8 Å². The molecule has 0 aromatic heterocycles. The summed E-state index contributed by atoms with van der Waals surface area (Å²) in [5.74, 6) is 0.136. The van der Waals surface area contributed by atoms with Crippen LogP contribution in [-0.2, 0) is 17.6 Å². The van der Waals surface area contributed by atoms with Gasteiger partial charge in [-0.3, -0.25) is 4.79 Å². The Hall–Kier alpha value is -3.55. The zero-order valence-electron chi connectivity index (χ0n) is 19.3. The monoisotopic (exact) mass is 458 g/mol. The molecule has 0 spiro atoms. The van der Waals surface area contributed by atoms with Gasteiger partial charge in [0.05, 0.1) is 7.11 Å². The second kappa shape index (κ2) is 10.8. The Balaban J connectivity index is 1.87. The van der Waals surface area contributed by atoms with Crippen molar-refractivity contribution >= 4 is 29.3 Å². The maximum absolute atomic E-state index is 12.6. The maximum atomic E-state index is 12.6. The van der Waals surface area contributed by atoms with E-state index in [9.17, 15) is 10.1 Å². The molecule has 0 radical (unpaired) electrons. The molecule has 0 aliphatic rings. The Kier molecular flexibility index (Phi) is 7.92. The van der Waals surface area contributed by atoms with E-state index in [0.717, 1.165) is 17.5 Å². The first-order valence-corrected chi connectivity index (χ1v) is 11.2. The van der Waals surface area contributed by atoms with Crippen LogP contribution in [0, 0.1) is 25.2 Å². The maximum Gasteiger partial charge on any atom is 0.266 e. The molecule has 0 saturated heterocycles. The van der Waals surface area contributed by atoms with Crippen molar-refractivity contribution in [2.24, 2.45) is 0 Å². The number of ether oxygens (including phenoxy) is 1. The fraction of sp³-hybridized carbons (Fsp3) is 0.214. The minimum Gasteiger partial charge on any atom is -0.496 e. The summed E-state index contributed by atoms with van der Waals surface area (Å²) in [6.45, 7) is 6.20. The summed E-state index contributed by atoms with van der Waals surface area (Å²) >= 11 is 6.61. The van der Waals surface area contributed by atoms with E-state index in [1.807, 2.05) is 30.3 Å². The zero-order chi connectivity index (χ0) is 24.0. The number of nitrogens with one attached hydrogen (secondary N) is 1. The highest BCUT2D eigenvalue weighted by atomic mass is 35.5. The second-order valence-electron chi connectivity index (χ2n) is 8.03. The van der Waals surface area contributed by atoms with Crippen molar-refractivity contribution in [2.45, 2.75) is 33.6 Å². The minimum atomic E-state index is -0.476. The van der Waals surface area contributed by atoms with Gasteiger partial charge in [-0.25, -0.2) is 0 Å². The number of carbonyl (C=O) groups is 1. The van der Waals surface area contributed by atoms with Crippen LogP contribution < -0.4 is 10.1 Å². The van der Waals surface area contributed by atoms with Crippen molar-refractivity contribution in [3.8, 4) is 11.8 Å². The molecule has 1 amide bonds. The molecule has 5 heteroatoms. The SMILES string of the molecule is CCc1ccc(NC(=O)/C(C#N)=C/c2cc(Cl)c(Cc3cc(C)cc(C)c3)c(OC)c2)cc1. The number of hydrogen-bond donors (Lipinski definition) is 1. The number of methoxy groups -OCH3 is 1. The molecule has 0 aliphatic heterocycles. The first-order chi connectivity index (χ1) is 15.8. The molecule has 0 heterocycles. The van der Waals surface area contributed by atoms with E-state index in [0.29, 0.717) is 28.4 Å². The molecule has 0 fully saturated rings. The standard InChI is InChI=1S/C28H27ClN2O2/c1-5-20-6-8-24(9-7-20)31-28(32)23(17-30)13-22-15-26(29)25(27(16-22)33-4)14-21-11-18(2)10-19(3)12-21/h6-13,15-16H,5,14H2,1-4H3,(H,31,32)/b23-13+. The summed E-state index contributed by atoms with van der Waals surface area (Å²) in [5, 5.41) is 12.9. The molecule has 0 bridgehead atoms. The third kappa shape index (κ3) is 6.25. The largest absolute Gasteiger partial charge is 0.496 e. The van der Waals surface area contributed by atoms with Gasteiger partial charge in [0.2, 0.25) is 0 Å². The average Bonchev–Trinajstić information content (AvgIpc) is 2.78. The van der Waals surface area contributed by atoms with Gasteiger partial charge in [0.25, 0.3) is 5.91 Å². The summed E-state index contributed by atoms with van der Waals surface area (Å²) in [7, 11) is 1.59. The summed E-state index contributed by atoms with van der Waals surface area (Å²) in [4.78, 5) is 12.6. The lowest BCUT2D eigenvalue weighted by Gasteiger charge is -2.13. The van der Waals surface area contributed by atoms with Crippen LogP contribution in [0.2, 0.25) is 5.02 Å². The van der Waals surface area contributed by atoms with Gasteiger partial charge in [-0.1, -0.05) is 60.0 Å². The highest BCUT2D eigenvalue weighted by Gasteiger charge is 2.14. The van der Waals surface area contributed by atoms with E-state index in [4.69, 9.17) is 16.3 Å². The van der Waals surface area contributed by atoms with Crippen LogP contribution in [0.1, 0.15) is 40.3 Å². The number of benzene rings is 3. The first-order valence-electron chi connectivity index (χ1n) is 10.8. The van der Waals surface area contributed by atoms with E-state index in [2.05, 4.69) is 44.3 Å². The normalized spacial score (nSPS) is 11.1.